The molecule has 0 amide bonds. The summed E-state index contributed by atoms with van der Waals surface area (Å²) in [6.45, 7) is 0. The fourth-order valence-corrected chi connectivity index (χ4v) is 0.728. The summed E-state index contributed by atoms with van der Waals surface area (Å²) < 4.78 is 9.70. The summed E-state index contributed by atoms with van der Waals surface area (Å²) >= 11 is 5.06. The van der Waals surface area contributed by atoms with E-state index in [-0.39, 0.29) is 12.0 Å². The molecule has 0 aromatic rings. The fraction of sp³-hybridized carbons (Fsp3) is 0.667. The van der Waals surface area contributed by atoms with Gasteiger partial charge in [-0.15, -0.1) is 11.6 Å². The Bertz CT molecular complexity index is 112. The second-order valence-electron chi connectivity index (χ2n) is 0.935. The van der Waals surface area contributed by atoms with E-state index in [1.54, 1.807) is 0 Å². The first kappa shape index (κ1) is 11.6. The van der Waals surface area contributed by atoms with Crippen LogP contribution in [0.25, 0.3) is 0 Å². The molecule has 1 atom stereocenters. The van der Waals surface area contributed by atoms with Crippen LogP contribution in [0.15, 0.2) is 0 Å². The Hall–Kier alpha value is -0.140. The lowest BCUT2D eigenvalue weighted by Gasteiger charge is -1.80. The van der Waals surface area contributed by atoms with Gasteiger partial charge in [0.2, 0.25) is 6.08 Å². The highest BCUT2D eigenvalue weighted by molar-refractivity contribution is 7.38. The Morgan fingerprint density at radius 1 is 1.78 bits per heavy atom. The molecule has 0 saturated carbocycles. The molecule has 4 nitrogen and oxygen atoms in total. The Labute approximate surface area is 58.2 Å². The van der Waals surface area contributed by atoms with Gasteiger partial charge in [-0.05, 0) is 0 Å². The zero-order valence-electron chi connectivity index (χ0n) is 4.56. The summed E-state index contributed by atoms with van der Waals surface area (Å²) in [7, 11) is -2.27. The highest BCUT2D eigenvalue weighted by Crippen LogP contribution is 2.10. The Morgan fingerprint density at radius 2 is 2.11 bits per heavy atom. The monoisotopic (exact) mass is 171 g/mol. The molecule has 9 heavy (non-hydrogen) atoms. The number of alkyl halides is 1. The first-order chi connectivity index (χ1) is 4.18. The van der Waals surface area contributed by atoms with Crippen molar-refractivity contribution < 1.29 is 14.3 Å². The topological polar surface area (TPSA) is 78.2 Å². The number of halogens is 1. The third-order valence-corrected chi connectivity index (χ3v) is 1.49. The number of hydrogen-bond donors (Lipinski definition) is 2. The average molecular weight is 172 g/mol. The number of isocyanates is 1. The third-order valence-electron chi connectivity index (χ3n) is 0.308. The van der Waals surface area contributed by atoms with E-state index in [0.29, 0.717) is 0 Å². The fourth-order valence-electron chi connectivity index (χ4n) is 0.0808. The van der Waals surface area contributed by atoms with Gasteiger partial charge in [-0.3, -0.25) is 4.57 Å². The van der Waals surface area contributed by atoms with Gasteiger partial charge in [-0.25, -0.2) is 10.2 Å². The van der Waals surface area contributed by atoms with Gasteiger partial charge < -0.3 is 4.89 Å². The summed E-state index contributed by atoms with van der Waals surface area (Å²) in [6, 6.07) is 0. The van der Waals surface area contributed by atoms with Crippen molar-refractivity contribution in [1.82, 2.24) is 0 Å². The highest BCUT2D eigenvalue weighted by atomic mass is 35.5. The van der Waals surface area contributed by atoms with Gasteiger partial charge in [-0.2, -0.15) is 0 Å². The molecule has 6 heteroatoms. The predicted octanol–water partition coefficient (Wildman–Crippen LogP) is 0.593. The van der Waals surface area contributed by atoms with Crippen LogP contribution >= 0.6 is 19.6 Å². The molecule has 0 bridgehead atoms. The normalized spacial score (nSPS) is 10.4. The van der Waals surface area contributed by atoms with Crippen molar-refractivity contribution in [3.63, 3.8) is 0 Å². The Balaban J connectivity index is 0. The van der Waals surface area contributed by atoms with E-state index in [1.165, 1.54) is 0 Å². The molecule has 2 N–H and O–H groups in total. The maximum Gasteiger partial charge on any atom is 0.231 e. The van der Waals surface area contributed by atoms with Gasteiger partial charge in [0.1, 0.15) is 0 Å². The van der Waals surface area contributed by atoms with E-state index >= 15 is 0 Å². The standard InChI is InChI=1S/C2H6ClO2P.CHNO/c3-1-2-6(4)5;2-1-3/h6H,1-2H2,(H,4,5);2H. The molecule has 0 aromatic heterocycles. The summed E-state index contributed by atoms with van der Waals surface area (Å²) in [5.41, 5.74) is 0. The third kappa shape index (κ3) is 33.0. The van der Waals surface area contributed by atoms with E-state index < -0.39 is 8.03 Å². The van der Waals surface area contributed by atoms with Crippen molar-refractivity contribution in [2.24, 2.45) is 0 Å². The zero-order valence-corrected chi connectivity index (χ0v) is 6.31. The largest absolute Gasteiger partial charge is 0.346 e. The second kappa shape index (κ2) is 10.8. The number of hydrogen-bond acceptors (Lipinski definition) is 3. The molecule has 0 spiro atoms. The molecule has 0 heterocycles. The summed E-state index contributed by atoms with van der Waals surface area (Å²) in [5.74, 6) is 0.286. The molecule has 0 radical (unpaired) electrons. The minimum atomic E-state index is -2.27. The van der Waals surface area contributed by atoms with Gasteiger partial charge >= 0.3 is 0 Å². The van der Waals surface area contributed by atoms with E-state index in [9.17, 15) is 4.57 Å². The minimum absolute atomic E-state index is 0.242. The molecule has 0 aliphatic rings. The van der Waals surface area contributed by atoms with Gasteiger partial charge in [-0.1, -0.05) is 0 Å². The first-order valence-corrected chi connectivity index (χ1v) is 4.10. The van der Waals surface area contributed by atoms with E-state index in [2.05, 4.69) is 0 Å². The lowest BCUT2D eigenvalue weighted by molar-refractivity contribution is 0.504. The number of nitrogens with one attached hydrogen (secondary N) is 1. The molecular formula is C3H7ClNO3P. The Morgan fingerprint density at radius 3 is 2.11 bits per heavy atom. The van der Waals surface area contributed by atoms with Gasteiger partial charge in [0, 0.05) is 12.0 Å². The van der Waals surface area contributed by atoms with Crippen LogP contribution in [0.1, 0.15) is 0 Å². The zero-order chi connectivity index (χ0) is 7.70. The average Bonchev–Trinajstić information content (AvgIpc) is 1.67. The van der Waals surface area contributed by atoms with Crippen LogP contribution in [0.5, 0.6) is 0 Å². The van der Waals surface area contributed by atoms with Crippen LogP contribution < -0.4 is 0 Å². The summed E-state index contributed by atoms with van der Waals surface area (Å²) in [6.07, 6.45) is 0.992. The van der Waals surface area contributed by atoms with Crippen LogP contribution in [0, 0.1) is 5.41 Å². The lowest BCUT2D eigenvalue weighted by Crippen LogP contribution is -1.73. The van der Waals surface area contributed by atoms with E-state index in [0.717, 1.165) is 6.08 Å². The first-order valence-electron chi connectivity index (χ1n) is 2.00. The van der Waals surface area contributed by atoms with Crippen LogP contribution in [-0.4, -0.2) is 23.0 Å². The van der Waals surface area contributed by atoms with Gasteiger partial charge in [0.25, 0.3) is 0 Å². The highest BCUT2D eigenvalue weighted by Gasteiger charge is 1.84. The summed E-state index contributed by atoms with van der Waals surface area (Å²) in [5, 5.41) is 5.40. The van der Waals surface area contributed by atoms with E-state index in [1.807, 2.05) is 0 Å². The summed E-state index contributed by atoms with van der Waals surface area (Å²) in [4.78, 5) is 16.4. The maximum absolute atomic E-state index is 9.70. The van der Waals surface area contributed by atoms with Crippen molar-refractivity contribution in [2.45, 2.75) is 0 Å². The van der Waals surface area contributed by atoms with Crippen LogP contribution in [0.3, 0.4) is 0 Å². The Kier molecular flexibility index (Phi) is 13.9. The molecule has 0 saturated heterocycles. The van der Waals surface area contributed by atoms with Crippen molar-refractivity contribution in [3.05, 3.63) is 0 Å². The molecule has 54 valence electrons. The molecular weight excluding hydrogens is 164 g/mol. The van der Waals surface area contributed by atoms with Crippen LogP contribution in [-0.2, 0) is 9.36 Å². The molecule has 0 aromatic carbocycles. The molecule has 1 unspecified atom stereocenters. The van der Waals surface area contributed by atoms with Crippen molar-refractivity contribution in [1.29, 1.82) is 5.41 Å². The quantitative estimate of drug-likeness (QED) is 0.276. The SMILES string of the molecule is N=C=O.O=[PH](O)CCCl. The van der Waals surface area contributed by atoms with Gasteiger partial charge in [0.15, 0.2) is 8.03 Å². The smallest absolute Gasteiger partial charge is 0.231 e. The molecule has 0 aliphatic carbocycles. The van der Waals surface area contributed by atoms with Crippen molar-refractivity contribution in [2.75, 3.05) is 12.0 Å². The van der Waals surface area contributed by atoms with Crippen molar-refractivity contribution in [3.8, 4) is 0 Å². The molecule has 0 fully saturated rings. The minimum Gasteiger partial charge on any atom is -0.346 e. The maximum atomic E-state index is 9.70. The van der Waals surface area contributed by atoms with Crippen LogP contribution in [0.4, 0.5) is 0 Å². The van der Waals surface area contributed by atoms with Crippen molar-refractivity contribution >= 4 is 25.7 Å². The number of rotatable bonds is 2. The second-order valence-corrected chi connectivity index (χ2v) is 2.60. The van der Waals surface area contributed by atoms with Gasteiger partial charge in [0.05, 0.1) is 0 Å². The molecule has 0 aliphatic heterocycles. The van der Waals surface area contributed by atoms with Crippen LogP contribution in [0.2, 0.25) is 0 Å². The number of carbonyl (C=O) groups excluding carboxylic acids is 1. The predicted molar refractivity (Wildman–Crippen MR) is 35.2 cm³/mol. The molecule has 0 rings (SSSR count). The van der Waals surface area contributed by atoms with E-state index in [4.69, 9.17) is 26.7 Å². The lowest BCUT2D eigenvalue weighted by atomic mass is 11.0.